The lowest BCUT2D eigenvalue weighted by molar-refractivity contribution is -0.143. The van der Waals surface area contributed by atoms with Crippen LogP contribution in [0.25, 0.3) is 10.6 Å². The van der Waals surface area contributed by atoms with E-state index in [0.717, 1.165) is 55.6 Å². The molecule has 0 bridgehead atoms. The van der Waals surface area contributed by atoms with Crippen LogP contribution in [-0.4, -0.2) is 59.3 Å². The summed E-state index contributed by atoms with van der Waals surface area (Å²) in [6, 6.07) is 5.91. The largest absolute Gasteiger partial charge is 0.466 e. The van der Waals surface area contributed by atoms with Crippen LogP contribution in [0, 0.1) is 0 Å². The minimum atomic E-state index is -0.235. The fourth-order valence-electron chi connectivity index (χ4n) is 4.31. The van der Waals surface area contributed by atoms with Crippen molar-refractivity contribution in [2.45, 2.75) is 68.7 Å². The molecule has 4 heterocycles. The van der Waals surface area contributed by atoms with Crippen LogP contribution in [0.1, 0.15) is 61.9 Å². The molecule has 9 nitrogen and oxygen atoms in total. The molecule has 11 heteroatoms. The lowest BCUT2D eigenvalue weighted by atomic mass is 10.0. The van der Waals surface area contributed by atoms with Crippen LogP contribution in [0.5, 0.6) is 0 Å². The van der Waals surface area contributed by atoms with Crippen LogP contribution in [0.3, 0.4) is 0 Å². The zero-order chi connectivity index (χ0) is 24.5. The van der Waals surface area contributed by atoms with Gasteiger partial charge < -0.3 is 25.2 Å². The van der Waals surface area contributed by atoms with E-state index in [9.17, 15) is 14.4 Å². The van der Waals surface area contributed by atoms with Crippen LogP contribution in [0.2, 0.25) is 0 Å². The molecule has 0 aromatic carbocycles. The van der Waals surface area contributed by atoms with Crippen molar-refractivity contribution in [3.05, 3.63) is 29.3 Å². The Labute approximate surface area is 213 Å². The van der Waals surface area contributed by atoms with Crippen molar-refractivity contribution < 1.29 is 23.6 Å². The molecule has 2 aliphatic rings. The monoisotopic (exact) mass is 520 g/mol. The maximum absolute atomic E-state index is 12.2. The number of nitrogens with one attached hydrogen (secondary N) is 3. The van der Waals surface area contributed by atoms with Gasteiger partial charge in [0.25, 0.3) is 5.91 Å². The summed E-state index contributed by atoms with van der Waals surface area (Å²) in [6.07, 6.45) is 6.78. The van der Waals surface area contributed by atoms with Gasteiger partial charge in [0.05, 0.1) is 23.6 Å². The number of unbranched alkanes of at least 4 members (excludes halogenated alkanes) is 4. The van der Waals surface area contributed by atoms with Gasteiger partial charge in [0.1, 0.15) is 0 Å². The molecule has 2 fully saturated rings. The number of urea groups is 1. The Morgan fingerprint density at radius 2 is 2.06 bits per heavy atom. The third-order valence-electron chi connectivity index (χ3n) is 6.18. The molecule has 2 aromatic heterocycles. The first kappa shape index (κ1) is 25.6. The highest BCUT2D eigenvalue weighted by atomic mass is 32.2. The van der Waals surface area contributed by atoms with E-state index in [-0.39, 0.29) is 35.7 Å². The van der Waals surface area contributed by atoms with Crippen molar-refractivity contribution in [3.63, 3.8) is 0 Å². The maximum Gasteiger partial charge on any atom is 0.315 e. The number of carbonyl (C=O) groups is 3. The highest BCUT2D eigenvalue weighted by molar-refractivity contribution is 8.00. The third kappa shape index (κ3) is 7.47. The molecule has 0 aliphatic carbocycles. The van der Waals surface area contributed by atoms with Crippen molar-refractivity contribution in [2.75, 3.05) is 18.9 Å². The second-order valence-electron chi connectivity index (χ2n) is 8.81. The SMILES string of the molecule is O=C1NC2CSC(CCCCC(=O)OCCCCCCNC(=O)c3cc(-c4cccs4)on3)C2N1. The number of fused-ring (bicyclic) bond motifs is 1. The van der Waals surface area contributed by atoms with E-state index in [1.807, 2.05) is 29.3 Å². The van der Waals surface area contributed by atoms with Gasteiger partial charge in [-0.1, -0.05) is 24.1 Å². The average molecular weight is 521 g/mol. The molecule has 3 amide bonds. The fraction of sp³-hybridized carbons (Fsp3) is 0.583. The third-order valence-corrected chi connectivity index (χ3v) is 8.58. The number of hydrogen-bond acceptors (Lipinski definition) is 8. The first-order valence-corrected chi connectivity index (χ1v) is 14.2. The molecule has 2 aromatic rings. The molecule has 0 saturated carbocycles. The minimum Gasteiger partial charge on any atom is -0.466 e. The van der Waals surface area contributed by atoms with E-state index >= 15 is 0 Å². The molecule has 2 saturated heterocycles. The number of thioether (sulfide) groups is 1. The Morgan fingerprint density at radius 3 is 2.91 bits per heavy atom. The minimum absolute atomic E-state index is 0.0614. The van der Waals surface area contributed by atoms with Crippen LogP contribution in [-0.2, 0) is 9.53 Å². The van der Waals surface area contributed by atoms with Crippen molar-refractivity contribution >= 4 is 41.0 Å². The summed E-state index contributed by atoms with van der Waals surface area (Å²) in [6.45, 7) is 1.01. The highest BCUT2D eigenvalue weighted by Crippen LogP contribution is 2.33. The Bertz CT molecular complexity index is 980. The summed E-state index contributed by atoms with van der Waals surface area (Å²) in [5.41, 5.74) is 0.286. The molecule has 190 valence electrons. The second kappa shape index (κ2) is 13.0. The molecule has 3 unspecified atom stereocenters. The molecule has 35 heavy (non-hydrogen) atoms. The smallest absolute Gasteiger partial charge is 0.315 e. The summed E-state index contributed by atoms with van der Waals surface area (Å²) in [4.78, 5) is 36.5. The summed E-state index contributed by atoms with van der Waals surface area (Å²) < 4.78 is 10.6. The molecular formula is C24H32N4O5S2. The van der Waals surface area contributed by atoms with Crippen molar-refractivity contribution in [1.82, 2.24) is 21.1 Å². The van der Waals surface area contributed by atoms with E-state index in [4.69, 9.17) is 9.26 Å². The average Bonchev–Trinajstić information content (AvgIpc) is 3.63. The molecule has 0 spiro atoms. The Kier molecular flexibility index (Phi) is 9.47. The Hall–Kier alpha value is -2.53. The highest BCUT2D eigenvalue weighted by Gasteiger charge is 2.42. The summed E-state index contributed by atoms with van der Waals surface area (Å²) in [7, 11) is 0. The quantitative estimate of drug-likeness (QED) is 0.196. The standard InChI is InChI=1S/C24H32N4O5S2/c29-21(10-4-3-8-20-22-17(15-35-20)26-24(31)27-22)32-12-6-2-1-5-11-25-23(30)16-14-18(33-28-16)19-9-7-13-34-19/h7,9,13-14,17,20,22H,1-6,8,10-12,15H2,(H,25,30)(H2,26,27,31). The van der Waals surface area contributed by atoms with Crippen LogP contribution < -0.4 is 16.0 Å². The number of amides is 3. The van der Waals surface area contributed by atoms with Gasteiger partial charge >= 0.3 is 12.0 Å². The summed E-state index contributed by atoms with van der Waals surface area (Å²) in [5.74, 6) is 1.18. The van der Waals surface area contributed by atoms with E-state index in [0.29, 0.717) is 30.6 Å². The number of esters is 1. The van der Waals surface area contributed by atoms with Crippen molar-refractivity contribution in [1.29, 1.82) is 0 Å². The number of ether oxygens (including phenoxy) is 1. The molecule has 3 N–H and O–H groups in total. The maximum atomic E-state index is 12.2. The van der Waals surface area contributed by atoms with Gasteiger partial charge in [0, 0.05) is 30.0 Å². The predicted molar refractivity (Wildman–Crippen MR) is 136 cm³/mol. The lowest BCUT2D eigenvalue weighted by Crippen LogP contribution is -2.36. The number of rotatable bonds is 14. The van der Waals surface area contributed by atoms with Crippen LogP contribution in [0.4, 0.5) is 4.79 Å². The van der Waals surface area contributed by atoms with Crippen LogP contribution in [0.15, 0.2) is 28.1 Å². The van der Waals surface area contributed by atoms with Gasteiger partial charge in [-0.3, -0.25) is 9.59 Å². The zero-order valence-electron chi connectivity index (χ0n) is 19.6. The summed E-state index contributed by atoms with van der Waals surface area (Å²) in [5, 5.41) is 15.0. The molecule has 3 atom stereocenters. The molecule has 2 aliphatic heterocycles. The zero-order valence-corrected chi connectivity index (χ0v) is 21.3. The first-order chi connectivity index (χ1) is 17.1. The lowest BCUT2D eigenvalue weighted by Gasteiger charge is -2.16. The second-order valence-corrected chi connectivity index (χ2v) is 11.0. The van der Waals surface area contributed by atoms with Gasteiger partial charge in [-0.2, -0.15) is 11.8 Å². The Balaban J connectivity index is 0.963. The fourth-order valence-corrected chi connectivity index (χ4v) is 6.52. The number of hydrogen-bond donors (Lipinski definition) is 3. The van der Waals surface area contributed by atoms with E-state index in [2.05, 4.69) is 21.1 Å². The van der Waals surface area contributed by atoms with Crippen LogP contribution >= 0.6 is 23.1 Å². The number of carbonyl (C=O) groups excluding carboxylic acids is 3. The van der Waals surface area contributed by atoms with Gasteiger partial charge in [-0.05, 0) is 43.6 Å². The molecular weight excluding hydrogens is 488 g/mol. The van der Waals surface area contributed by atoms with Crippen molar-refractivity contribution in [2.24, 2.45) is 0 Å². The topological polar surface area (TPSA) is 123 Å². The van der Waals surface area contributed by atoms with E-state index in [1.165, 1.54) is 11.3 Å². The van der Waals surface area contributed by atoms with Gasteiger partial charge in [0.2, 0.25) is 0 Å². The normalized spacial score (nSPS) is 20.8. The molecule has 4 rings (SSSR count). The first-order valence-electron chi connectivity index (χ1n) is 12.2. The Morgan fingerprint density at radius 1 is 1.17 bits per heavy atom. The number of thiophene rings is 1. The van der Waals surface area contributed by atoms with Gasteiger partial charge in [0.15, 0.2) is 11.5 Å². The van der Waals surface area contributed by atoms with Crippen molar-refractivity contribution in [3.8, 4) is 10.6 Å². The number of nitrogens with zero attached hydrogens (tertiary/aromatic N) is 1. The predicted octanol–water partition coefficient (Wildman–Crippen LogP) is 3.96. The molecule has 0 radical (unpaired) electrons. The number of aromatic nitrogens is 1. The van der Waals surface area contributed by atoms with Gasteiger partial charge in [-0.15, -0.1) is 11.3 Å². The van der Waals surface area contributed by atoms with E-state index < -0.39 is 0 Å². The van der Waals surface area contributed by atoms with Gasteiger partial charge in [-0.25, -0.2) is 4.79 Å². The summed E-state index contributed by atoms with van der Waals surface area (Å²) >= 11 is 3.43. The van der Waals surface area contributed by atoms with E-state index in [1.54, 1.807) is 6.07 Å².